The molecule has 0 bridgehead atoms. The highest BCUT2D eigenvalue weighted by Gasteiger charge is 2.03. The molecule has 0 saturated heterocycles. The van der Waals surface area contributed by atoms with Crippen molar-refractivity contribution in [1.29, 1.82) is 0 Å². The van der Waals surface area contributed by atoms with Crippen molar-refractivity contribution in [3.05, 3.63) is 0 Å². The van der Waals surface area contributed by atoms with Crippen molar-refractivity contribution in [3.63, 3.8) is 0 Å². The second-order valence-corrected chi connectivity index (χ2v) is 4.40. The average molecular weight is 200 g/mol. The summed E-state index contributed by atoms with van der Waals surface area (Å²) in [4.78, 5) is 2.40. The van der Waals surface area contributed by atoms with Crippen LogP contribution in [0.15, 0.2) is 0 Å². The van der Waals surface area contributed by atoms with Gasteiger partial charge in [-0.1, -0.05) is 13.8 Å². The zero-order valence-electron chi connectivity index (χ0n) is 10.6. The molecule has 0 aliphatic heterocycles. The third kappa shape index (κ3) is 6.39. The van der Waals surface area contributed by atoms with Crippen molar-refractivity contribution in [1.82, 2.24) is 10.2 Å². The standard InChI is InChI=1S/C12H28N2/c1-6-12(7-2)13-9-8-10-14(5)11(3)4/h11-13H,6-10H2,1-5H3. The van der Waals surface area contributed by atoms with Crippen molar-refractivity contribution in [3.8, 4) is 0 Å². The Labute approximate surface area is 90.1 Å². The maximum absolute atomic E-state index is 3.59. The van der Waals surface area contributed by atoms with E-state index in [-0.39, 0.29) is 0 Å². The smallest absolute Gasteiger partial charge is 0.00618 e. The van der Waals surface area contributed by atoms with E-state index in [9.17, 15) is 0 Å². The monoisotopic (exact) mass is 200 g/mol. The second kappa shape index (κ2) is 8.25. The number of nitrogens with one attached hydrogen (secondary N) is 1. The quantitative estimate of drug-likeness (QED) is 0.606. The number of rotatable bonds is 8. The van der Waals surface area contributed by atoms with E-state index in [0.717, 1.165) is 12.6 Å². The summed E-state index contributed by atoms with van der Waals surface area (Å²) in [5, 5.41) is 3.59. The normalized spacial score (nSPS) is 12.0. The van der Waals surface area contributed by atoms with Gasteiger partial charge in [-0.3, -0.25) is 0 Å². The second-order valence-electron chi connectivity index (χ2n) is 4.40. The maximum Gasteiger partial charge on any atom is 0.00618 e. The number of nitrogens with zero attached hydrogens (tertiary/aromatic N) is 1. The molecule has 0 aliphatic carbocycles. The van der Waals surface area contributed by atoms with Gasteiger partial charge in [0.1, 0.15) is 0 Å². The average Bonchev–Trinajstić information content (AvgIpc) is 2.17. The highest BCUT2D eigenvalue weighted by molar-refractivity contribution is 4.63. The van der Waals surface area contributed by atoms with Crippen LogP contribution in [0.4, 0.5) is 0 Å². The Morgan fingerprint density at radius 3 is 2.14 bits per heavy atom. The van der Waals surface area contributed by atoms with Crippen LogP contribution < -0.4 is 5.32 Å². The molecule has 0 amide bonds. The van der Waals surface area contributed by atoms with Crippen LogP contribution in [0.3, 0.4) is 0 Å². The van der Waals surface area contributed by atoms with Gasteiger partial charge in [0.15, 0.2) is 0 Å². The molecular weight excluding hydrogens is 172 g/mol. The predicted octanol–water partition coefficient (Wildman–Crippen LogP) is 2.49. The molecule has 0 heterocycles. The third-order valence-corrected chi connectivity index (χ3v) is 2.99. The van der Waals surface area contributed by atoms with E-state index in [1.54, 1.807) is 0 Å². The summed E-state index contributed by atoms with van der Waals surface area (Å²) in [6.07, 6.45) is 3.75. The first-order valence-electron chi connectivity index (χ1n) is 6.05. The van der Waals surface area contributed by atoms with Gasteiger partial charge >= 0.3 is 0 Å². The van der Waals surface area contributed by atoms with Gasteiger partial charge in [-0.25, -0.2) is 0 Å². The molecule has 14 heavy (non-hydrogen) atoms. The summed E-state index contributed by atoms with van der Waals surface area (Å²) in [6.45, 7) is 11.3. The van der Waals surface area contributed by atoms with Crippen LogP contribution in [0, 0.1) is 0 Å². The Balaban J connectivity index is 3.36. The van der Waals surface area contributed by atoms with Crippen LogP contribution in [-0.4, -0.2) is 37.1 Å². The van der Waals surface area contributed by atoms with E-state index in [1.807, 2.05) is 0 Å². The fourth-order valence-corrected chi connectivity index (χ4v) is 1.47. The Morgan fingerprint density at radius 2 is 1.71 bits per heavy atom. The van der Waals surface area contributed by atoms with Crippen molar-refractivity contribution in [2.24, 2.45) is 0 Å². The lowest BCUT2D eigenvalue weighted by molar-refractivity contribution is 0.267. The summed E-state index contributed by atoms with van der Waals surface area (Å²) in [7, 11) is 2.20. The van der Waals surface area contributed by atoms with Gasteiger partial charge in [0.05, 0.1) is 0 Å². The summed E-state index contributed by atoms with van der Waals surface area (Å²) in [5.41, 5.74) is 0. The van der Waals surface area contributed by atoms with Crippen molar-refractivity contribution < 1.29 is 0 Å². The maximum atomic E-state index is 3.59. The predicted molar refractivity (Wildman–Crippen MR) is 64.8 cm³/mol. The summed E-state index contributed by atoms with van der Waals surface area (Å²) in [6, 6.07) is 1.39. The van der Waals surface area contributed by atoms with E-state index in [0.29, 0.717) is 6.04 Å². The molecule has 0 atom stereocenters. The van der Waals surface area contributed by atoms with Crippen LogP contribution in [0.25, 0.3) is 0 Å². The molecule has 2 heteroatoms. The van der Waals surface area contributed by atoms with E-state index >= 15 is 0 Å². The fourth-order valence-electron chi connectivity index (χ4n) is 1.47. The Bertz CT molecular complexity index is 115. The van der Waals surface area contributed by atoms with Gasteiger partial charge in [-0.15, -0.1) is 0 Å². The van der Waals surface area contributed by atoms with Gasteiger partial charge in [0, 0.05) is 12.1 Å². The Morgan fingerprint density at radius 1 is 1.14 bits per heavy atom. The van der Waals surface area contributed by atoms with E-state index < -0.39 is 0 Å². The van der Waals surface area contributed by atoms with Crippen LogP contribution in [0.1, 0.15) is 47.0 Å². The number of hydrogen-bond donors (Lipinski definition) is 1. The minimum absolute atomic E-state index is 0.670. The fraction of sp³-hybridized carbons (Fsp3) is 1.00. The minimum Gasteiger partial charge on any atom is -0.314 e. The molecule has 0 rings (SSSR count). The first kappa shape index (κ1) is 13.9. The van der Waals surface area contributed by atoms with Gasteiger partial charge in [-0.2, -0.15) is 0 Å². The van der Waals surface area contributed by atoms with Gasteiger partial charge < -0.3 is 10.2 Å². The molecule has 1 N–H and O–H groups in total. The van der Waals surface area contributed by atoms with Crippen LogP contribution >= 0.6 is 0 Å². The molecular formula is C12H28N2. The molecule has 0 fully saturated rings. The summed E-state index contributed by atoms with van der Waals surface area (Å²) >= 11 is 0. The minimum atomic E-state index is 0.670. The van der Waals surface area contributed by atoms with Crippen LogP contribution in [0.2, 0.25) is 0 Å². The lowest BCUT2D eigenvalue weighted by atomic mass is 10.2. The lowest BCUT2D eigenvalue weighted by Crippen LogP contribution is -2.33. The van der Waals surface area contributed by atoms with Gasteiger partial charge in [-0.05, 0) is 53.2 Å². The molecule has 0 saturated carbocycles. The molecule has 0 aliphatic rings. The SMILES string of the molecule is CCC(CC)NCCCN(C)C(C)C. The molecule has 0 aromatic heterocycles. The molecule has 0 aromatic carbocycles. The zero-order valence-corrected chi connectivity index (χ0v) is 10.6. The summed E-state index contributed by atoms with van der Waals surface area (Å²) < 4.78 is 0. The zero-order chi connectivity index (χ0) is 11.0. The van der Waals surface area contributed by atoms with E-state index in [2.05, 4.69) is 45.0 Å². The first-order valence-corrected chi connectivity index (χ1v) is 6.05. The Kier molecular flexibility index (Phi) is 8.20. The molecule has 0 aromatic rings. The van der Waals surface area contributed by atoms with E-state index in [4.69, 9.17) is 0 Å². The largest absolute Gasteiger partial charge is 0.314 e. The van der Waals surface area contributed by atoms with E-state index in [1.165, 1.54) is 25.8 Å². The van der Waals surface area contributed by atoms with Crippen LogP contribution in [0.5, 0.6) is 0 Å². The Hall–Kier alpha value is -0.0800. The molecule has 0 unspecified atom stereocenters. The summed E-state index contributed by atoms with van der Waals surface area (Å²) in [5.74, 6) is 0. The highest BCUT2D eigenvalue weighted by Crippen LogP contribution is 1.97. The molecule has 2 nitrogen and oxygen atoms in total. The highest BCUT2D eigenvalue weighted by atomic mass is 15.1. The van der Waals surface area contributed by atoms with Crippen LogP contribution in [-0.2, 0) is 0 Å². The van der Waals surface area contributed by atoms with Gasteiger partial charge in [0.2, 0.25) is 0 Å². The van der Waals surface area contributed by atoms with Crippen molar-refractivity contribution >= 4 is 0 Å². The molecule has 0 radical (unpaired) electrons. The topological polar surface area (TPSA) is 15.3 Å². The van der Waals surface area contributed by atoms with Crippen molar-refractivity contribution in [2.45, 2.75) is 59.0 Å². The van der Waals surface area contributed by atoms with Gasteiger partial charge in [0.25, 0.3) is 0 Å². The molecule has 0 spiro atoms. The first-order chi connectivity index (χ1) is 6.61. The van der Waals surface area contributed by atoms with Crippen molar-refractivity contribution in [2.75, 3.05) is 20.1 Å². The third-order valence-electron chi connectivity index (χ3n) is 2.99. The lowest BCUT2D eigenvalue weighted by Gasteiger charge is -2.21. The number of hydrogen-bond acceptors (Lipinski definition) is 2. The molecule has 86 valence electrons.